The molecular formula is C13H16N2O4S. The highest BCUT2D eigenvalue weighted by Crippen LogP contribution is 2.16. The van der Waals surface area contributed by atoms with Crippen LogP contribution in [0, 0.1) is 0 Å². The number of nitrogens with zero attached hydrogens (tertiary/aromatic N) is 1. The highest BCUT2D eigenvalue weighted by atomic mass is 32.2. The first-order valence-electron chi connectivity index (χ1n) is 6.14. The zero-order chi connectivity index (χ0) is 14.9. The van der Waals surface area contributed by atoms with Crippen molar-refractivity contribution >= 4 is 21.7 Å². The average Bonchev–Trinajstić information content (AvgIpc) is 2.31. The minimum Gasteiger partial charge on any atom is -0.350 e. The molecule has 2 rings (SSSR count). The molecule has 6 nitrogen and oxygen atoms in total. The lowest BCUT2D eigenvalue weighted by Gasteiger charge is -2.39. The van der Waals surface area contributed by atoms with Crippen molar-refractivity contribution < 1.29 is 18.0 Å². The van der Waals surface area contributed by atoms with E-state index in [0.717, 1.165) is 6.26 Å². The predicted molar refractivity (Wildman–Crippen MR) is 73.1 cm³/mol. The molecule has 1 N–H and O–H groups in total. The fraction of sp³-hybridized carbons (Fsp3) is 0.385. The van der Waals surface area contributed by atoms with E-state index in [-0.39, 0.29) is 22.8 Å². The van der Waals surface area contributed by atoms with Crippen molar-refractivity contribution in [2.45, 2.75) is 17.9 Å². The lowest BCUT2D eigenvalue weighted by Crippen LogP contribution is -2.60. The van der Waals surface area contributed by atoms with Gasteiger partial charge in [-0.05, 0) is 24.3 Å². The summed E-state index contributed by atoms with van der Waals surface area (Å²) >= 11 is 0. The Morgan fingerprint density at radius 1 is 1.20 bits per heavy atom. The number of carbonyl (C=O) groups is 2. The van der Waals surface area contributed by atoms with Gasteiger partial charge in [-0.2, -0.15) is 0 Å². The van der Waals surface area contributed by atoms with Crippen LogP contribution in [0.3, 0.4) is 0 Å². The van der Waals surface area contributed by atoms with Gasteiger partial charge in [0.05, 0.1) is 10.9 Å². The second kappa shape index (κ2) is 5.24. The van der Waals surface area contributed by atoms with Gasteiger partial charge in [0.25, 0.3) is 5.91 Å². The van der Waals surface area contributed by atoms with Crippen LogP contribution in [0.15, 0.2) is 29.2 Å². The molecule has 0 aliphatic carbocycles. The van der Waals surface area contributed by atoms with E-state index in [4.69, 9.17) is 0 Å². The minimum absolute atomic E-state index is 0.00624. The molecule has 1 aromatic rings. The molecule has 0 bridgehead atoms. The van der Waals surface area contributed by atoms with Crippen molar-refractivity contribution in [3.05, 3.63) is 29.8 Å². The highest BCUT2D eigenvalue weighted by molar-refractivity contribution is 7.90. The molecule has 1 fully saturated rings. The van der Waals surface area contributed by atoms with Gasteiger partial charge in [-0.15, -0.1) is 0 Å². The van der Waals surface area contributed by atoms with Crippen molar-refractivity contribution in [3.63, 3.8) is 0 Å². The Bertz CT molecular complexity index is 631. The molecule has 0 atom stereocenters. The van der Waals surface area contributed by atoms with Gasteiger partial charge in [-0.1, -0.05) is 0 Å². The summed E-state index contributed by atoms with van der Waals surface area (Å²) in [6.07, 6.45) is 1.12. The van der Waals surface area contributed by atoms with Gasteiger partial charge in [-0.25, -0.2) is 8.42 Å². The van der Waals surface area contributed by atoms with E-state index >= 15 is 0 Å². The van der Waals surface area contributed by atoms with E-state index in [1.165, 1.54) is 31.2 Å². The normalized spacial score (nSPS) is 15.6. The summed E-state index contributed by atoms with van der Waals surface area (Å²) in [7, 11) is -3.25. The van der Waals surface area contributed by atoms with Crippen LogP contribution in [-0.4, -0.2) is 50.5 Å². The fourth-order valence-corrected chi connectivity index (χ4v) is 2.68. The van der Waals surface area contributed by atoms with Crippen molar-refractivity contribution in [1.82, 2.24) is 10.2 Å². The molecule has 0 radical (unpaired) electrons. The first kappa shape index (κ1) is 14.5. The van der Waals surface area contributed by atoms with Gasteiger partial charge in [0, 0.05) is 31.8 Å². The maximum Gasteiger partial charge on any atom is 0.253 e. The summed E-state index contributed by atoms with van der Waals surface area (Å²) in [6, 6.07) is 5.86. The Morgan fingerprint density at radius 2 is 1.75 bits per heavy atom. The number of likely N-dealkylation sites (tertiary alicyclic amines) is 1. The van der Waals surface area contributed by atoms with E-state index in [9.17, 15) is 18.0 Å². The smallest absolute Gasteiger partial charge is 0.253 e. The molecule has 1 aliphatic heterocycles. The van der Waals surface area contributed by atoms with Gasteiger partial charge in [0.15, 0.2) is 9.84 Å². The van der Waals surface area contributed by atoms with Gasteiger partial charge in [0.1, 0.15) is 0 Å². The van der Waals surface area contributed by atoms with E-state index in [0.29, 0.717) is 18.7 Å². The largest absolute Gasteiger partial charge is 0.350 e. The number of carbonyl (C=O) groups excluding carboxylic acids is 2. The number of amides is 2. The number of hydrogen-bond donors (Lipinski definition) is 1. The highest BCUT2D eigenvalue weighted by Gasteiger charge is 2.31. The Morgan fingerprint density at radius 3 is 2.20 bits per heavy atom. The average molecular weight is 296 g/mol. The van der Waals surface area contributed by atoms with Crippen LogP contribution < -0.4 is 5.32 Å². The maximum atomic E-state index is 12.1. The molecule has 108 valence electrons. The van der Waals surface area contributed by atoms with Crippen LogP contribution >= 0.6 is 0 Å². The third-order valence-corrected chi connectivity index (χ3v) is 4.23. The number of sulfone groups is 1. The summed E-state index contributed by atoms with van der Waals surface area (Å²) in [5.74, 6) is -0.272. The summed E-state index contributed by atoms with van der Waals surface area (Å²) < 4.78 is 22.7. The van der Waals surface area contributed by atoms with E-state index < -0.39 is 9.84 Å². The second-order valence-electron chi connectivity index (χ2n) is 4.90. The Balaban J connectivity index is 2.00. The Kier molecular flexibility index (Phi) is 3.80. The van der Waals surface area contributed by atoms with Crippen molar-refractivity contribution in [2.24, 2.45) is 0 Å². The van der Waals surface area contributed by atoms with Crippen molar-refractivity contribution in [1.29, 1.82) is 0 Å². The third kappa shape index (κ3) is 3.16. The maximum absolute atomic E-state index is 12.1. The molecule has 0 unspecified atom stereocenters. The molecule has 2 amide bonds. The third-order valence-electron chi connectivity index (χ3n) is 3.11. The molecule has 1 aliphatic rings. The number of nitrogens with one attached hydrogen (secondary N) is 1. The van der Waals surface area contributed by atoms with Crippen molar-refractivity contribution in [2.75, 3.05) is 19.3 Å². The summed E-state index contributed by atoms with van der Waals surface area (Å²) in [5.41, 5.74) is 0.443. The van der Waals surface area contributed by atoms with Gasteiger partial charge >= 0.3 is 0 Å². The molecular weight excluding hydrogens is 280 g/mol. The second-order valence-corrected chi connectivity index (χ2v) is 6.92. The zero-order valence-corrected chi connectivity index (χ0v) is 12.1. The summed E-state index contributed by atoms with van der Waals surface area (Å²) in [5, 5.41) is 2.73. The first-order valence-corrected chi connectivity index (χ1v) is 8.03. The van der Waals surface area contributed by atoms with Crippen LogP contribution in [0.1, 0.15) is 17.3 Å². The lowest BCUT2D eigenvalue weighted by molar-refractivity contribution is -0.120. The van der Waals surface area contributed by atoms with E-state index in [1.807, 2.05) is 0 Å². The topological polar surface area (TPSA) is 83.6 Å². The van der Waals surface area contributed by atoms with Crippen LogP contribution in [-0.2, 0) is 14.6 Å². The monoisotopic (exact) mass is 296 g/mol. The van der Waals surface area contributed by atoms with Gasteiger partial charge in [0.2, 0.25) is 5.91 Å². The summed E-state index contributed by atoms with van der Waals surface area (Å²) in [4.78, 5) is 24.7. The van der Waals surface area contributed by atoms with Crippen molar-refractivity contribution in [3.8, 4) is 0 Å². The standard InChI is InChI=1S/C13H16N2O4S/c1-9(16)14-11-7-15(8-11)13(17)10-3-5-12(6-4-10)20(2,18)19/h3-6,11H,7-8H2,1-2H3,(H,14,16). The molecule has 0 spiro atoms. The summed E-state index contributed by atoms with van der Waals surface area (Å²) in [6.45, 7) is 2.40. The van der Waals surface area contributed by atoms with E-state index in [2.05, 4.69) is 5.32 Å². The first-order chi connectivity index (χ1) is 9.27. The Hall–Kier alpha value is -1.89. The van der Waals surface area contributed by atoms with Gasteiger partial charge in [-0.3, -0.25) is 9.59 Å². The fourth-order valence-electron chi connectivity index (χ4n) is 2.05. The number of benzene rings is 1. The van der Waals surface area contributed by atoms with Gasteiger partial charge < -0.3 is 10.2 Å². The quantitative estimate of drug-likeness (QED) is 0.854. The predicted octanol–water partition coefficient (Wildman–Crippen LogP) is 0.0506. The molecule has 1 heterocycles. The molecule has 1 saturated heterocycles. The van der Waals surface area contributed by atoms with Crippen LogP contribution in [0.5, 0.6) is 0 Å². The molecule has 0 saturated carbocycles. The number of rotatable bonds is 3. The molecule has 20 heavy (non-hydrogen) atoms. The number of hydrogen-bond acceptors (Lipinski definition) is 4. The molecule has 1 aromatic carbocycles. The SMILES string of the molecule is CC(=O)NC1CN(C(=O)c2ccc(S(C)(=O)=O)cc2)C1. The lowest BCUT2D eigenvalue weighted by atomic mass is 10.1. The van der Waals surface area contributed by atoms with Crippen LogP contribution in [0.4, 0.5) is 0 Å². The zero-order valence-electron chi connectivity index (χ0n) is 11.3. The van der Waals surface area contributed by atoms with Crippen LogP contribution in [0.25, 0.3) is 0 Å². The Labute approximate surface area is 117 Å². The molecule has 0 aromatic heterocycles. The van der Waals surface area contributed by atoms with E-state index in [1.54, 1.807) is 4.90 Å². The van der Waals surface area contributed by atoms with Crippen LogP contribution in [0.2, 0.25) is 0 Å². The minimum atomic E-state index is -3.25. The molecule has 7 heteroatoms.